The largest absolute Gasteiger partial charge is 0.497 e. The standard InChI is InChI=1S/C18H23N5O3/c1-4-26-10-9-22(2)12-14-11-16(24)23-18(19-14)20-17(21-23)13-5-7-15(25-3)8-6-13/h5-8,11H,4,9-10,12H2,1-3H3,(H,19,20,21). The topological polar surface area (TPSA) is 84.8 Å². The Bertz CT molecular complexity index is 917. The molecule has 0 aliphatic rings. The number of likely N-dealkylation sites (N-methyl/N-ethyl adjacent to an activating group) is 1. The van der Waals surface area contributed by atoms with E-state index in [-0.39, 0.29) is 5.56 Å². The summed E-state index contributed by atoms with van der Waals surface area (Å²) in [5.41, 5.74) is 1.40. The van der Waals surface area contributed by atoms with Gasteiger partial charge in [0.1, 0.15) is 5.75 Å². The molecule has 2 heterocycles. The van der Waals surface area contributed by atoms with Crippen molar-refractivity contribution in [3.8, 4) is 17.1 Å². The molecule has 3 aromatic rings. The van der Waals surface area contributed by atoms with E-state index < -0.39 is 0 Å². The van der Waals surface area contributed by atoms with Crippen molar-refractivity contribution in [2.24, 2.45) is 0 Å². The van der Waals surface area contributed by atoms with Gasteiger partial charge in [0.2, 0.25) is 5.78 Å². The highest BCUT2D eigenvalue weighted by Crippen LogP contribution is 2.19. The molecule has 138 valence electrons. The Hall–Kier alpha value is -2.71. The maximum atomic E-state index is 12.4. The van der Waals surface area contributed by atoms with Crippen LogP contribution in [0.15, 0.2) is 35.1 Å². The summed E-state index contributed by atoms with van der Waals surface area (Å²) < 4.78 is 11.8. The minimum absolute atomic E-state index is 0.209. The minimum Gasteiger partial charge on any atom is -0.497 e. The Morgan fingerprint density at radius 3 is 2.73 bits per heavy atom. The summed E-state index contributed by atoms with van der Waals surface area (Å²) in [6, 6.07) is 8.95. The molecule has 8 heteroatoms. The molecule has 0 aliphatic carbocycles. The van der Waals surface area contributed by atoms with Crippen LogP contribution in [0.3, 0.4) is 0 Å². The van der Waals surface area contributed by atoms with E-state index in [4.69, 9.17) is 9.47 Å². The number of aromatic nitrogens is 4. The summed E-state index contributed by atoms with van der Waals surface area (Å²) in [5.74, 6) is 1.67. The van der Waals surface area contributed by atoms with E-state index in [1.807, 2.05) is 38.2 Å². The van der Waals surface area contributed by atoms with Gasteiger partial charge in [-0.1, -0.05) is 0 Å². The monoisotopic (exact) mass is 357 g/mol. The zero-order valence-corrected chi connectivity index (χ0v) is 15.2. The van der Waals surface area contributed by atoms with Crippen molar-refractivity contribution in [2.45, 2.75) is 13.5 Å². The summed E-state index contributed by atoms with van der Waals surface area (Å²) in [4.78, 5) is 22.1. The van der Waals surface area contributed by atoms with Gasteiger partial charge in [0.15, 0.2) is 5.82 Å². The van der Waals surface area contributed by atoms with E-state index in [2.05, 4.69) is 20.0 Å². The predicted molar refractivity (Wildman–Crippen MR) is 98.4 cm³/mol. The van der Waals surface area contributed by atoms with Gasteiger partial charge in [0, 0.05) is 37.0 Å². The number of methoxy groups -OCH3 is 1. The Morgan fingerprint density at radius 1 is 1.27 bits per heavy atom. The Morgan fingerprint density at radius 2 is 2.04 bits per heavy atom. The van der Waals surface area contributed by atoms with E-state index in [0.29, 0.717) is 31.4 Å². The lowest BCUT2D eigenvalue weighted by Gasteiger charge is -2.16. The molecule has 2 aromatic heterocycles. The van der Waals surface area contributed by atoms with E-state index in [1.54, 1.807) is 13.2 Å². The second-order valence-electron chi connectivity index (χ2n) is 5.97. The molecule has 0 fully saturated rings. The number of benzene rings is 1. The highest BCUT2D eigenvalue weighted by molar-refractivity contribution is 5.58. The van der Waals surface area contributed by atoms with Gasteiger partial charge >= 0.3 is 0 Å². The fourth-order valence-electron chi connectivity index (χ4n) is 2.62. The lowest BCUT2D eigenvalue weighted by molar-refractivity contribution is 0.120. The Labute approximate surface area is 151 Å². The molecule has 1 aromatic carbocycles. The Kier molecular flexibility index (Phi) is 5.65. The summed E-state index contributed by atoms with van der Waals surface area (Å²) in [5, 5.41) is 4.31. The number of hydrogen-bond acceptors (Lipinski definition) is 6. The minimum atomic E-state index is -0.209. The zero-order chi connectivity index (χ0) is 18.5. The van der Waals surface area contributed by atoms with Gasteiger partial charge in [-0.05, 0) is 38.2 Å². The van der Waals surface area contributed by atoms with Crippen LogP contribution >= 0.6 is 0 Å². The molecule has 0 aliphatic heterocycles. The molecule has 3 rings (SSSR count). The van der Waals surface area contributed by atoms with Crippen LogP contribution in [0.5, 0.6) is 5.75 Å². The molecule has 0 saturated carbocycles. The van der Waals surface area contributed by atoms with E-state index in [9.17, 15) is 4.79 Å². The first-order chi connectivity index (χ1) is 12.6. The van der Waals surface area contributed by atoms with Crippen molar-refractivity contribution >= 4 is 5.78 Å². The van der Waals surface area contributed by atoms with Crippen molar-refractivity contribution in [1.82, 2.24) is 24.5 Å². The zero-order valence-electron chi connectivity index (χ0n) is 15.2. The van der Waals surface area contributed by atoms with E-state index in [0.717, 1.165) is 23.6 Å². The van der Waals surface area contributed by atoms with Gasteiger partial charge in [0.25, 0.3) is 5.56 Å². The van der Waals surface area contributed by atoms with Crippen LogP contribution in [0.25, 0.3) is 17.2 Å². The number of rotatable bonds is 8. The molecule has 0 saturated heterocycles. The van der Waals surface area contributed by atoms with E-state index >= 15 is 0 Å². The van der Waals surface area contributed by atoms with Gasteiger partial charge in [-0.25, -0.2) is 0 Å². The number of ether oxygens (including phenoxy) is 2. The van der Waals surface area contributed by atoms with Gasteiger partial charge in [-0.3, -0.25) is 9.69 Å². The highest BCUT2D eigenvalue weighted by atomic mass is 16.5. The number of nitrogens with one attached hydrogen (secondary N) is 1. The average Bonchev–Trinajstić information content (AvgIpc) is 3.07. The molecule has 1 N–H and O–H groups in total. The number of H-pyrrole nitrogens is 1. The van der Waals surface area contributed by atoms with Crippen LogP contribution in [-0.2, 0) is 11.3 Å². The first-order valence-electron chi connectivity index (χ1n) is 8.50. The second kappa shape index (κ2) is 8.11. The summed E-state index contributed by atoms with van der Waals surface area (Å²) >= 11 is 0. The van der Waals surface area contributed by atoms with Gasteiger partial charge in [-0.15, -0.1) is 5.10 Å². The van der Waals surface area contributed by atoms with Crippen molar-refractivity contribution in [1.29, 1.82) is 0 Å². The first kappa shape index (κ1) is 18.1. The van der Waals surface area contributed by atoms with Crippen LogP contribution in [0, 0.1) is 0 Å². The fourth-order valence-corrected chi connectivity index (χ4v) is 2.62. The molecule has 8 nitrogen and oxygen atoms in total. The maximum Gasteiger partial charge on any atom is 0.275 e. The van der Waals surface area contributed by atoms with Gasteiger partial charge < -0.3 is 14.5 Å². The molecule has 0 bridgehead atoms. The van der Waals surface area contributed by atoms with Crippen molar-refractivity contribution in [3.05, 3.63) is 46.4 Å². The third-order valence-corrected chi connectivity index (χ3v) is 4.00. The highest BCUT2D eigenvalue weighted by Gasteiger charge is 2.11. The number of hydrogen-bond donors (Lipinski definition) is 1. The smallest absolute Gasteiger partial charge is 0.275 e. The second-order valence-corrected chi connectivity index (χ2v) is 5.97. The molecule has 0 atom stereocenters. The summed E-state index contributed by atoms with van der Waals surface area (Å²) in [6.07, 6.45) is 0. The van der Waals surface area contributed by atoms with Crippen LogP contribution in [0.2, 0.25) is 0 Å². The molecule has 26 heavy (non-hydrogen) atoms. The van der Waals surface area contributed by atoms with Crippen molar-refractivity contribution < 1.29 is 9.47 Å². The molecular weight excluding hydrogens is 334 g/mol. The molecule has 0 spiro atoms. The van der Waals surface area contributed by atoms with Crippen molar-refractivity contribution in [2.75, 3.05) is 33.9 Å². The molecular formula is C18H23N5O3. The number of fused-ring (bicyclic) bond motifs is 1. The van der Waals surface area contributed by atoms with Crippen LogP contribution in [-0.4, -0.2) is 58.4 Å². The number of nitrogens with zero attached hydrogens (tertiary/aromatic N) is 4. The third kappa shape index (κ3) is 4.09. The van der Waals surface area contributed by atoms with Crippen LogP contribution in [0.4, 0.5) is 0 Å². The third-order valence-electron chi connectivity index (χ3n) is 4.00. The average molecular weight is 357 g/mol. The summed E-state index contributed by atoms with van der Waals surface area (Å²) in [7, 11) is 3.60. The fraction of sp³-hybridized carbons (Fsp3) is 0.389. The normalized spacial score (nSPS) is 11.4. The first-order valence-corrected chi connectivity index (χ1v) is 8.50. The summed E-state index contributed by atoms with van der Waals surface area (Å²) in [6.45, 7) is 4.71. The lowest BCUT2D eigenvalue weighted by atomic mass is 10.2. The SMILES string of the molecule is CCOCCN(C)Cc1cc(=O)n2nc(-c3ccc(OC)cc3)nc2[nH]1. The predicted octanol–water partition coefficient (Wildman–Crippen LogP) is 1.56. The lowest BCUT2D eigenvalue weighted by Crippen LogP contribution is -2.25. The molecule has 0 radical (unpaired) electrons. The quantitative estimate of drug-likeness (QED) is 0.616. The maximum absolute atomic E-state index is 12.4. The Balaban J connectivity index is 1.83. The molecule has 0 unspecified atom stereocenters. The number of aromatic amines is 1. The van der Waals surface area contributed by atoms with E-state index in [1.165, 1.54) is 4.52 Å². The van der Waals surface area contributed by atoms with Crippen molar-refractivity contribution in [3.63, 3.8) is 0 Å². The molecule has 0 amide bonds. The van der Waals surface area contributed by atoms with Crippen LogP contribution in [0.1, 0.15) is 12.6 Å². The van der Waals surface area contributed by atoms with Crippen LogP contribution < -0.4 is 10.3 Å². The van der Waals surface area contributed by atoms with Gasteiger partial charge in [0.05, 0.1) is 13.7 Å². The van der Waals surface area contributed by atoms with Gasteiger partial charge in [-0.2, -0.15) is 9.50 Å².